The fraction of sp³-hybridized carbons (Fsp3) is 0.462. The van der Waals surface area contributed by atoms with Crippen molar-refractivity contribution in [1.82, 2.24) is 0 Å². The summed E-state index contributed by atoms with van der Waals surface area (Å²) in [6, 6.07) is 15.5. The van der Waals surface area contributed by atoms with Crippen LogP contribution in [-0.4, -0.2) is 70.8 Å². The SMILES string of the molecule is O=C(O)C(O)Cc1ccc(N2CCCC2)cc1.O=C(O)C(O)Cc1ccc(N2CCCC2)cc1. The molecule has 2 aliphatic rings. The van der Waals surface area contributed by atoms with Gasteiger partial charge in [-0.1, -0.05) is 24.3 Å². The lowest BCUT2D eigenvalue weighted by molar-refractivity contribution is -0.147. The van der Waals surface area contributed by atoms with E-state index in [1.165, 1.54) is 37.1 Å². The highest BCUT2D eigenvalue weighted by Gasteiger charge is 2.16. The molecule has 2 aromatic carbocycles. The number of carboxylic acids is 2. The summed E-state index contributed by atoms with van der Waals surface area (Å²) < 4.78 is 0. The number of aliphatic carboxylic acids is 2. The Kier molecular flexibility index (Phi) is 9.30. The highest BCUT2D eigenvalue weighted by atomic mass is 16.4. The van der Waals surface area contributed by atoms with E-state index in [9.17, 15) is 19.8 Å². The van der Waals surface area contributed by atoms with Crippen molar-refractivity contribution in [2.75, 3.05) is 36.0 Å². The Morgan fingerprint density at radius 2 is 0.912 bits per heavy atom. The van der Waals surface area contributed by atoms with Crippen LogP contribution in [0.5, 0.6) is 0 Å². The molecule has 2 fully saturated rings. The first-order chi connectivity index (χ1) is 16.3. The van der Waals surface area contributed by atoms with Gasteiger partial charge >= 0.3 is 11.9 Å². The Hall–Kier alpha value is -3.10. The summed E-state index contributed by atoms with van der Waals surface area (Å²) in [6.45, 7) is 4.38. The van der Waals surface area contributed by atoms with Gasteiger partial charge < -0.3 is 30.2 Å². The number of aliphatic hydroxyl groups is 2. The Morgan fingerprint density at radius 1 is 0.618 bits per heavy atom. The number of nitrogens with zero attached hydrogens (tertiary/aromatic N) is 2. The van der Waals surface area contributed by atoms with Crippen molar-refractivity contribution in [3.8, 4) is 0 Å². The molecule has 8 heteroatoms. The lowest BCUT2D eigenvalue weighted by Crippen LogP contribution is -2.22. The Balaban J connectivity index is 0.000000191. The van der Waals surface area contributed by atoms with E-state index in [2.05, 4.69) is 9.80 Å². The van der Waals surface area contributed by atoms with E-state index in [4.69, 9.17) is 10.2 Å². The van der Waals surface area contributed by atoms with Crippen LogP contribution < -0.4 is 9.80 Å². The average molecular weight is 471 g/mol. The van der Waals surface area contributed by atoms with Gasteiger partial charge in [-0.3, -0.25) is 0 Å². The molecule has 0 saturated carbocycles. The zero-order valence-electron chi connectivity index (χ0n) is 19.3. The molecule has 34 heavy (non-hydrogen) atoms. The van der Waals surface area contributed by atoms with Crippen molar-refractivity contribution in [2.24, 2.45) is 0 Å². The van der Waals surface area contributed by atoms with Gasteiger partial charge in [0.1, 0.15) is 0 Å². The molecule has 4 N–H and O–H groups in total. The van der Waals surface area contributed by atoms with Gasteiger partial charge in [0.2, 0.25) is 0 Å². The summed E-state index contributed by atoms with van der Waals surface area (Å²) in [5.74, 6) is -2.35. The van der Waals surface area contributed by atoms with Crippen LogP contribution in [0.3, 0.4) is 0 Å². The van der Waals surface area contributed by atoms with Crippen LogP contribution in [-0.2, 0) is 22.4 Å². The van der Waals surface area contributed by atoms with Gasteiger partial charge in [-0.25, -0.2) is 9.59 Å². The van der Waals surface area contributed by atoms with Gasteiger partial charge in [0.15, 0.2) is 12.2 Å². The molecule has 184 valence electrons. The summed E-state index contributed by atoms with van der Waals surface area (Å²) >= 11 is 0. The standard InChI is InChI=1S/2C13H17NO3/c2*15-12(13(16)17)9-10-3-5-11(6-4-10)14-7-1-2-8-14/h2*3-6,12,15H,1-2,7-9H2,(H,16,17). The second kappa shape index (κ2) is 12.4. The van der Waals surface area contributed by atoms with E-state index in [0.717, 1.165) is 37.3 Å². The number of hydrogen-bond donors (Lipinski definition) is 4. The minimum atomic E-state index is -1.31. The number of benzene rings is 2. The quantitative estimate of drug-likeness (QED) is 0.464. The van der Waals surface area contributed by atoms with E-state index >= 15 is 0 Å². The van der Waals surface area contributed by atoms with E-state index in [1.807, 2.05) is 48.5 Å². The monoisotopic (exact) mass is 470 g/mol. The van der Waals surface area contributed by atoms with Crippen LogP contribution in [0, 0.1) is 0 Å². The maximum absolute atomic E-state index is 10.5. The summed E-state index contributed by atoms with van der Waals surface area (Å²) in [6.07, 6.45) is 2.64. The van der Waals surface area contributed by atoms with Crippen molar-refractivity contribution in [3.05, 3.63) is 59.7 Å². The fourth-order valence-electron chi connectivity index (χ4n) is 4.26. The third-order valence-electron chi connectivity index (χ3n) is 6.24. The third kappa shape index (κ3) is 7.46. The summed E-state index contributed by atoms with van der Waals surface area (Å²) in [4.78, 5) is 25.7. The highest BCUT2D eigenvalue weighted by molar-refractivity contribution is 5.72. The van der Waals surface area contributed by atoms with Crippen LogP contribution >= 0.6 is 0 Å². The molecule has 0 amide bonds. The second-order valence-corrected chi connectivity index (χ2v) is 8.84. The van der Waals surface area contributed by atoms with Crippen molar-refractivity contribution in [2.45, 2.75) is 50.7 Å². The molecule has 0 radical (unpaired) electrons. The first-order valence-electron chi connectivity index (χ1n) is 11.8. The van der Waals surface area contributed by atoms with Crippen LogP contribution in [0.4, 0.5) is 11.4 Å². The van der Waals surface area contributed by atoms with Gasteiger partial charge in [-0.05, 0) is 61.1 Å². The van der Waals surface area contributed by atoms with Crippen LogP contribution in [0.15, 0.2) is 48.5 Å². The summed E-state index contributed by atoms with van der Waals surface area (Å²) in [7, 11) is 0. The number of hydrogen-bond acceptors (Lipinski definition) is 6. The third-order valence-corrected chi connectivity index (χ3v) is 6.24. The number of aliphatic hydroxyl groups excluding tert-OH is 2. The highest BCUT2D eigenvalue weighted by Crippen LogP contribution is 2.22. The molecule has 2 saturated heterocycles. The molecule has 4 rings (SSSR count). The van der Waals surface area contributed by atoms with Crippen molar-refractivity contribution in [3.63, 3.8) is 0 Å². The molecule has 0 bridgehead atoms. The molecule has 2 unspecified atom stereocenters. The lowest BCUT2D eigenvalue weighted by Gasteiger charge is -2.17. The largest absolute Gasteiger partial charge is 0.479 e. The first-order valence-corrected chi connectivity index (χ1v) is 11.8. The topological polar surface area (TPSA) is 122 Å². The van der Waals surface area contributed by atoms with Gasteiger partial charge in [0.25, 0.3) is 0 Å². The van der Waals surface area contributed by atoms with Gasteiger partial charge in [-0.15, -0.1) is 0 Å². The fourth-order valence-corrected chi connectivity index (χ4v) is 4.26. The van der Waals surface area contributed by atoms with Crippen molar-refractivity contribution in [1.29, 1.82) is 0 Å². The molecule has 2 aliphatic heterocycles. The van der Waals surface area contributed by atoms with Crippen LogP contribution in [0.25, 0.3) is 0 Å². The Morgan fingerprint density at radius 3 is 1.18 bits per heavy atom. The Bertz CT molecular complexity index is 842. The normalized spacial score (nSPS) is 17.1. The summed E-state index contributed by atoms with van der Waals surface area (Å²) in [5, 5.41) is 35.7. The molecule has 2 aromatic rings. The molecule has 2 atom stereocenters. The molecular formula is C26H34N2O6. The maximum atomic E-state index is 10.5. The maximum Gasteiger partial charge on any atom is 0.332 e. The van der Waals surface area contributed by atoms with E-state index in [1.54, 1.807) is 0 Å². The smallest absolute Gasteiger partial charge is 0.332 e. The van der Waals surface area contributed by atoms with Crippen LogP contribution in [0.1, 0.15) is 36.8 Å². The molecule has 8 nitrogen and oxygen atoms in total. The molecular weight excluding hydrogens is 436 g/mol. The predicted octanol–water partition coefficient (Wildman–Crippen LogP) is 2.55. The molecule has 0 aliphatic carbocycles. The van der Waals surface area contributed by atoms with Gasteiger partial charge in [0.05, 0.1) is 0 Å². The van der Waals surface area contributed by atoms with Crippen molar-refractivity contribution < 1.29 is 30.0 Å². The minimum Gasteiger partial charge on any atom is -0.479 e. The molecule has 0 spiro atoms. The lowest BCUT2D eigenvalue weighted by atomic mass is 10.1. The number of anilines is 2. The first kappa shape index (κ1) is 25.5. The second-order valence-electron chi connectivity index (χ2n) is 8.84. The zero-order valence-corrected chi connectivity index (χ0v) is 19.3. The van der Waals surface area contributed by atoms with Crippen LogP contribution in [0.2, 0.25) is 0 Å². The number of carbonyl (C=O) groups is 2. The van der Waals surface area contributed by atoms with Crippen molar-refractivity contribution >= 4 is 23.3 Å². The Labute approximate surface area is 200 Å². The average Bonchev–Trinajstić information content (AvgIpc) is 3.55. The zero-order chi connectivity index (χ0) is 24.5. The predicted molar refractivity (Wildman–Crippen MR) is 130 cm³/mol. The van der Waals surface area contributed by atoms with Gasteiger partial charge in [-0.2, -0.15) is 0 Å². The minimum absolute atomic E-state index is 0.162. The summed E-state index contributed by atoms with van der Waals surface area (Å²) in [5.41, 5.74) is 4.05. The number of carboxylic acid groups (broad SMARTS) is 2. The molecule has 0 aromatic heterocycles. The van der Waals surface area contributed by atoms with E-state index in [0.29, 0.717) is 0 Å². The number of rotatable bonds is 8. The van der Waals surface area contributed by atoms with E-state index < -0.39 is 24.1 Å². The van der Waals surface area contributed by atoms with Gasteiger partial charge in [0, 0.05) is 50.4 Å². The van der Waals surface area contributed by atoms with E-state index in [-0.39, 0.29) is 12.8 Å². The molecule has 2 heterocycles.